The van der Waals surface area contributed by atoms with Crippen LogP contribution in [0.25, 0.3) is 21.9 Å². The maximum Gasteiger partial charge on any atom is 0.280 e. The van der Waals surface area contributed by atoms with Crippen molar-refractivity contribution in [3.63, 3.8) is 0 Å². The van der Waals surface area contributed by atoms with Crippen molar-refractivity contribution in [2.75, 3.05) is 0 Å². The molecule has 3 heterocycles. The van der Waals surface area contributed by atoms with Gasteiger partial charge < -0.3 is 5.11 Å². The maximum atomic E-state index is 13.2. The number of aromatic nitrogens is 4. The van der Waals surface area contributed by atoms with Gasteiger partial charge in [-0.15, -0.1) is 0 Å². The van der Waals surface area contributed by atoms with Crippen LogP contribution in [0.2, 0.25) is 0 Å². The highest BCUT2D eigenvalue weighted by Crippen LogP contribution is 2.40. The number of aliphatic hydroxyl groups excluding tert-OH is 1. The van der Waals surface area contributed by atoms with Gasteiger partial charge in [-0.05, 0) is 50.7 Å². The van der Waals surface area contributed by atoms with Crippen LogP contribution in [0.1, 0.15) is 56.2 Å². The van der Waals surface area contributed by atoms with Gasteiger partial charge in [-0.25, -0.2) is 4.98 Å². The van der Waals surface area contributed by atoms with E-state index in [0.717, 1.165) is 47.8 Å². The number of aliphatic hydroxyl groups is 1. The molecular formula is C19H22N4O2. The summed E-state index contributed by atoms with van der Waals surface area (Å²) in [4.78, 5) is 18.1. The molecular weight excluding hydrogens is 316 g/mol. The molecule has 6 nitrogen and oxygen atoms in total. The minimum Gasteiger partial charge on any atom is -0.393 e. The number of hydrogen-bond acceptors (Lipinski definition) is 4. The summed E-state index contributed by atoms with van der Waals surface area (Å²) < 4.78 is 3.57. The van der Waals surface area contributed by atoms with Crippen molar-refractivity contribution in [2.24, 2.45) is 7.05 Å². The molecule has 0 bridgehead atoms. The summed E-state index contributed by atoms with van der Waals surface area (Å²) >= 11 is 0. The fourth-order valence-electron chi connectivity index (χ4n) is 4.17. The normalized spacial score (nSPS) is 24.2. The standard InChI is InChI=1S/C19H22N4O2/c1-22-10-15-14-8-9-16(11-2-3-11)20-18(14)23(19(25)17(15)21-22)12-4-6-13(24)7-5-12/h8-13,24H,2-7H2,1H3. The van der Waals surface area contributed by atoms with Crippen molar-refractivity contribution in [1.82, 2.24) is 19.3 Å². The second kappa shape index (κ2) is 5.39. The van der Waals surface area contributed by atoms with Crippen molar-refractivity contribution in [3.8, 4) is 0 Å². The number of nitrogens with zero attached hydrogens (tertiary/aromatic N) is 4. The Morgan fingerprint density at radius 3 is 2.56 bits per heavy atom. The molecule has 3 aromatic rings. The van der Waals surface area contributed by atoms with Gasteiger partial charge in [-0.3, -0.25) is 14.0 Å². The van der Waals surface area contributed by atoms with Crippen LogP contribution in [-0.2, 0) is 7.05 Å². The minimum absolute atomic E-state index is 0.0510. The van der Waals surface area contributed by atoms with Gasteiger partial charge in [0.2, 0.25) is 0 Å². The second-order valence-corrected chi connectivity index (χ2v) is 7.58. The molecule has 0 atom stereocenters. The molecule has 0 amide bonds. The molecule has 0 spiro atoms. The Labute approximate surface area is 145 Å². The molecule has 2 saturated carbocycles. The Balaban J connectivity index is 1.80. The Hall–Kier alpha value is -2.21. The van der Waals surface area contributed by atoms with Crippen molar-refractivity contribution in [2.45, 2.75) is 56.6 Å². The van der Waals surface area contributed by atoms with E-state index in [4.69, 9.17) is 4.98 Å². The molecule has 2 aliphatic carbocycles. The summed E-state index contributed by atoms with van der Waals surface area (Å²) in [7, 11) is 1.85. The van der Waals surface area contributed by atoms with Crippen LogP contribution in [0, 0.1) is 0 Å². The zero-order valence-electron chi connectivity index (χ0n) is 14.4. The highest BCUT2D eigenvalue weighted by Gasteiger charge is 2.28. The molecule has 1 N–H and O–H groups in total. The fourth-order valence-corrected chi connectivity index (χ4v) is 4.17. The number of pyridine rings is 2. The van der Waals surface area contributed by atoms with E-state index >= 15 is 0 Å². The van der Waals surface area contributed by atoms with E-state index in [1.807, 2.05) is 17.8 Å². The number of hydrogen-bond donors (Lipinski definition) is 1. The van der Waals surface area contributed by atoms with Crippen LogP contribution in [0.5, 0.6) is 0 Å². The molecule has 0 aliphatic heterocycles. The highest BCUT2D eigenvalue weighted by molar-refractivity contribution is 6.02. The van der Waals surface area contributed by atoms with Crippen LogP contribution in [0.3, 0.4) is 0 Å². The van der Waals surface area contributed by atoms with Gasteiger partial charge in [-0.2, -0.15) is 5.10 Å². The molecule has 0 saturated heterocycles. The van der Waals surface area contributed by atoms with Crippen LogP contribution < -0.4 is 5.56 Å². The average Bonchev–Trinajstić information content (AvgIpc) is 3.38. The van der Waals surface area contributed by atoms with E-state index in [1.54, 1.807) is 4.68 Å². The lowest BCUT2D eigenvalue weighted by Gasteiger charge is -2.28. The van der Waals surface area contributed by atoms with Gasteiger partial charge in [-0.1, -0.05) is 0 Å². The Morgan fingerprint density at radius 1 is 1.08 bits per heavy atom. The largest absolute Gasteiger partial charge is 0.393 e. The van der Waals surface area contributed by atoms with Crippen molar-refractivity contribution < 1.29 is 5.11 Å². The highest BCUT2D eigenvalue weighted by atomic mass is 16.3. The molecule has 3 aromatic heterocycles. The first-order chi connectivity index (χ1) is 12.1. The van der Waals surface area contributed by atoms with E-state index in [0.29, 0.717) is 11.4 Å². The van der Waals surface area contributed by atoms with Crippen molar-refractivity contribution in [3.05, 3.63) is 34.4 Å². The lowest BCUT2D eigenvalue weighted by atomic mass is 9.92. The molecule has 2 fully saturated rings. The molecule has 6 heteroatoms. The fraction of sp³-hybridized carbons (Fsp3) is 0.526. The van der Waals surface area contributed by atoms with Gasteiger partial charge in [0.25, 0.3) is 5.56 Å². The number of fused-ring (bicyclic) bond motifs is 3. The van der Waals surface area contributed by atoms with E-state index in [1.165, 1.54) is 12.8 Å². The Bertz CT molecular complexity index is 1020. The van der Waals surface area contributed by atoms with E-state index in [-0.39, 0.29) is 17.7 Å². The molecule has 25 heavy (non-hydrogen) atoms. The summed E-state index contributed by atoms with van der Waals surface area (Å²) in [5.74, 6) is 0.547. The summed E-state index contributed by atoms with van der Waals surface area (Å²) in [5, 5.41) is 16.1. The van der Waals surface area contributed by atoms with Crippen molar-refractivity contribution in [1.29, 1.82) is 0 Å². The third kappa shape index (κ3) is 2.39. The van der Waals surface area contributed by atoms with Crippen molar-refractivity contribution >= 4 is 21.9 Å². The predicted octanol–water partition coefficient (Wildman–Crippen LogP) is 2.64. The SMILES string of the molecule is Cn1cc2c(n1)c(=O)n(C1CCC(O)CC1)c1nc(C3CC3)ccc21. The first-order valence-corrected chi connectivity index (χ1v) is 9.18. The van der Waals surface area contributed by atoms with Gasteiger partial charge in [0.1, 0.15) is 5.65 Å². The lowest BCUT2D eigenvalue weighted by molar-refractivity contribution is 0.111. The molecule has 0 unspecified atom stereocenters. The van der Waals surface area contributed by atoms with E-state index in [9.17, 15) is 9.90 Å². The maximum absolute atomic E-state index is 13.2. The summed E-state index contributed by atoms with van der Waals surface area (Å²) in [5.41, 5.74) is 2.35. The quantitative estimate of drug-likeness (QED) is 0.779. The third-order valence-electron chi connectivity index (χ3n) is 5.69. The summed E-state index contributed by atoms with van der Waals surface area (Å²) in [6.45, 7) is 0. The average molecular weight is 338 g/mol. The topological polar surface area (TPSA) is 72.9 Å². The van der Waals surface area contributed by atoms with Crippen LogP contribution in [-0.4, -0.2) is 30.5 Å². The van der Waals surface area contributed by atoms with E-state index < -0.39 is 0 Å². The number of rotatable bonds is 2. The van der Waals surface area contributed by atoms with Crippen LogP contribution in [0.15, 0.2) is 23.1 Å². The smallest absolute Gasteiger partial charge is 0.280 e. The molecule has 5 rings (SSSR count). The zero-order valence-corrected chi connectivity index (χ0v) is 14.4. The Morgan fingerprint density at radius 2 is 1.84 bits per heavy atom. The molecule has 2 aliphatic rings. The summed E-state index contributed by atoms with van der Waals surface area (Å²) in [6.07, 6.45) is 7.13. The molecule has 130 valence electrons. The number of aryl methyl sites for hydroxylation is 1. The van der Waals surface area contributed by atoms with Gasteiger partial charge in [0.05, 0.1) is 6.10 Å². The third-order valence-corrected chi connectivity index (χ3v) is 5.69. The van der Waals surface area contributed by atoms with E-state index in [2.05, 4.69) is 17.2 Å². The van der Waals surface area contributed by atoms with Gasteiger partial charge in [0.15, 0.2) is 5.52 Å². The monoisotopic (exact) mass is 338 g/mol. The minimum atomic E-state index is -0.244. The van der Waals surface area contributed by atoms with Crippen LogP contribution >= 0.6 is 0 Å². The zero-order chi connectivity index (χ0) is 17.1. The first-order valence-electron chi connectivity index (χ1n) is 9.18. The predicted molar refractivity (Wildman–Crippen MR) is 95.8 cm³/mol. The van der Waals surface area contributed by atoms with Gasteiger partial charge in [0, 0.05) is 41.7 Å². The summed E-state index contributed by atoms with van der Waals surface area (Å²) in [6, 6.07) is 4.30. The molecule has 0 radical (unpaired) electrons. The Kier molecular flexibility index (Phi) is 3.25. The molecule has 0 aromatic carbocycles. The lowest BCUT2D eigenvalue weighted by Crippen LogP contribution is -2.30. The second-order valence-electron chi connectivity index (χ2n) is 7.58. The van der Waals surface area contributed by atoms with Gasteiger partial charge >= 0.3 is 0 Å². The van der Waals surface area contributed by atoms with Crippen LogP contribution in [0.4, 0.5) is 0 Å². The first kappa shape index (κ1) is 15.1.